The highest BCUT2D eigenvalue weighted by Gasteiger charge is 2.37. The van der Waals surface area contributed by atoms with E-state index in [1.807, 2.05) is 0 Å². The van der Waals surface area contributed by atoms with E-state index in [9.17, 15) is 4.79 Å². The van der Waals surface area contributed by atoms with E-state index in [-0.39, 0.29) is 17.5 Å². The fraction of sp³-hybridized carbons (Fsp3) is 0.500. The van der Waals surface area contributed by atoms with Gasteiger partial charge < -0.3 is 5.73 Å². The summed E-state index contributed by atoms with van der Waals surface area (Å²) in [5.41, 5.74) is 4.95. The van der Waals surface area contributed by atoms with Gasteiger partial charge in [-0.1, -0.05) is 0 Å². The van der Waals surface area contributed by atoms with E-state index < -0.39 is 0 Å². The monoisotopic (exact) mass is 98.0 g/mol. The van der Waals surface area contributed by atoms with Crippen LogP contribution in [0.15, 0.2) is 0 Å². The van der Waals surface area contributed by atoms with Crippen LogP contribution in [0.5, 0.6) is 0 Å². The largest absolute Gasteiger partial charge is 0.387 e. The van der Waals surface area contributed by atoms with Gasteiger partial charge in [-0.25, -0.2) is 0 Å². The summed E-state index contributed by atoms with van der Waals surface area (Å²) in [7, 11) is 0. The van der Waals surface area contributed by atoms with E-state index in [1.165, 1.54) is 0 Å². The first kappa shape index (κ1) is 4.30. The van der Waals surface area contributed by atoms with Crippen LogP contribution in [-0.4, -0.2) is 11.6 Å². The number of hydrogen-bond acceptors (Lipinski definition) is 2. The van der Waals surface area contributed by atoms with E-state index >= 15 is 0 Å². The molecule has 0 aromatic rings. The molecule has 1 fully saturated rings. The standard InChI is InChI=1S/C4H6N2O/c5-4(6)2-1-3(2)7/h2H,1H2,(H3,5,6). The Bertz CT molecular complexity index is 130. The minimum Gasteiger partial charge on any atom is -0.387 e. The first-order valence-electron chi connectivity index (χ1n) is 2.08. The Hall–Kier alpha value is -0.860. The molecule has 0 aliphatic heterocycles. The second-order valence-electron chi connectivity index (χ2n) is 1.68. The number of hydrogen-bond donors (Lipinski definition) is 2. The quantitative estimate of drug-likeness (QED) is 0.343. The first-order valence-corrected chi connectivity index (χ1v) is 2.08. The molecule has 38 valence electrons. The SMILES string of the molecule is N=C(N)C1CC1=O. The van der Waals surface area contributed by atoms with Crippen molar-refractivity contribution >= 4 is 11.6 Å². The van der Waals surface area contributed by atoms with Gasteiger partial charge in [-0.2, -0.15) is 0 Å². The van der Waals surface area contributed by atoms with Crippen molar-refractivity contribution in [1.29, 1.82) is 5.41 Å². The maximum Gasteiger partial charge on any atom is 0.145 e. The number of nitrogens with two attached hydrogens (primary N) is 1. The van der Waals surface area contributed by atoms with Crippen LogP contribution >= 0.6 is 0 Å². The average molecular weight is 98.1 g/mol. The summed E-state index contributed by atoms with van der Waals surface area (Å²) in [6, 6.07) is 0. The minimum atomic E-state index is -0.208. The van der Waals surface area contributed by atoms with E-state index in [0.717, 1.165) is 0 Å². The molecule has 0 radical (unpaired) electrons. The molecule has 0 bridgehead atoms. The molecule has 1 unspecified atom stereocenters. The number of amidine groups is 1. The highest BCUT2D eigenvalue weighted by molar-refractivity contribution is 6.14. The van der Waals surface area contributed by atoms with Gasteiger partial charge in [0.2, 0.25) is 0 Å². The first-order chi connectivity index (χ1) is 3.22. The molecule has 0 amide bonds. The fourth-order valence-corrected chi connectivity index (χ4v) is 0.426. The Morgan fingerprint density at radius 1 is 2.00 bits per heavy atom. The van der Waals surface area contributed by atoms with Crippen molar-refractivity contribution in [2.24, 2.45) is 11.7 Å². The molecule has 0 heterocycles. The van der Waals surface area contributed by atoms with Crippen molar-refractivity contribution in [2.75, 3.05) is 0 Å². The second kappa shape index (κ2) is 1.05. The van der Waals surface area contributed by atoms with Crippen molar-refractivity contribution in [3.63, 3.8) is 0 Å². The normalized spacial score (nSPS) is 27.4. The van der Waals surface area contributed by atoms with Gasteiger partial charge in [0.15, 0.2) is 0 Å². The predicted octanol–water partition coefficient (Wildman–Crippen LogP) is -0.489. The Balaban J connectivity index is 2.48. The van der Waals surface area contributed by atoms with Crippen molar-refractivity contribution in [1.82, 2.24) is 0 Å². The highest BCUT2D eigenvalue weighted by Crippen LogP contribution is 2.22. The molecule has 3 heteroatoms. The molecular formula is C4H6N2O. The van der Waals surface area contributed by atoms with Gasteiger partial charge in [0, 0.05) is 6.42 Å². The Kier molecular flexibility index (Phi) is 0.648. The van der Waals surface area contributed by atoms with Gasteiger partial charge in [-0.15, -0.1) is 0 Å². The van der Waals surface area contributed by atoms with Crippen molar-refractivity contribution < 1.29 is 4.79 Å². The molecule has 1 rings (SSSR count). The summed E-state index contributed by atoms with van der Waals surface area (Å²) >= 11 is 0. The van der Waals surface area contributed by atoms with Crippen LogP contribution in [0.2, 0.25) is 0 Å². The number of rotatable bonds is 1. The summed E-state index contributed by atoms with van der Waals surface area (Å²) in [6.45, 7) is 0. The van der Waals surface area contributed by atoms with Gasteiger partial charge in [0.1, 0.15) is 11.6 Å². The molecule has 3 N–H and O–H groups in total. The zero-order valence-corrected chi connectivity index (χ0v) is 3.77. The number of ketones is 1. The lowest BCUT2D eigenvalue weighted by Crippen LogP contribution is -2.12. The molecule has 1 atom stereocenters. The Labute approximate surface area is 41.0 Å². The molecule has 0 saturated heterocycles. The average Bonchev–Trinajstić information content (AvgIpc) is 2.17. The van der Waals surface area contributed by atoms with Crippen LogP contribution in [0.4, 0.5) is 0 Å². The van der Waals surface area contributed by atoms with Crippen molar-refractivity contribution in [3.05, 3.63) is 0 Å². The van der Waals surface area contributed by atoms with Crippen LogP contribution < -0.4 is 5.73 Å². The fourth-order valence-electron chi connectivity index (χ4n) is 0.426. The number of carbonyl (C=O) groups is 1. The van der Waals surface area contributed by atoms with Crippen LogP contribution in [0, 0.1) is 11.3 Å². The van der Waals surface area contributed by atoms with Gasteiger partial charge in [-0.05, 0) is 0 Å². The minimum absolute atomic E-state index is 0.0185. The number of nitrogens with one attached hydrogen (secondary N) is 1. The molecule has 1 aliphatic carbocycles. The lowest BCUT2D eigenvalue weighted by atomic mass is 10.4. The third-order valence-electron chi connectivity index (χ3n) is 1.01. The molecule has 3 nitrogen and oxygen atoms in total. The van der Waals surface area contributed by atoms with E-state index in [2.05, 4.69) is 0 Å². The molecular weight excluding hydrogens is 92.1 g/mol. The van der Waals surface area contributed by atoms with Crippen LogP contribution in [0.1, 0.15) is 6.42 Å². The lowest BCUT2D eigenvalue weighted by molar-refractivity contribution is -0.110. The molecule has 0 aromatic heterocycles. The summed E-state index contributed by atoms with van der Waals surface area (Å²) in [6.07, 6.45) is 0.495. The van der Waals surface area contributed by atoms with Gasteiger partial charge in [0.25, 0.3) is 0 Å². The second-order valence-corrected chi connectivity index (χ2v) is 1.68. The van der Waals surface area contributed by atoms with Crippen molar-refractivity contribution in [3.8, 4) is 0 Å². The molecule has 0 aromatic carbocycles. The van der Waals surface area contributed by atoms with Gasteiger partial charge in [0.05, 0.1) is 5.92 Å². The van der Waals surface area contributed by atoms with Crippen LogP contribution in [0.3, 0.4) is 0 Å². The van der Waals surface area contributed by atoms with E-state index in [1.54, 1.807) is 0 Å². The predicted molar refractivity (Wildman–Crippen MR) is 25.0 cm³/mol. The van der Waals surface area contributed by atoms with Gasteiger partial charge in [-0.3, -0.25) is 10.2 Å². The van der Waals surface area contributed by atoms with Crippen molar-refractivity contribution in [2.45, 2.75) is 6.42 Å². The smallest absolute Gasteiger partial charge is 0.145 e. The third-order valence-corrected chi connectivity index (χ3v) is 1.01. The van der Waals surface area contributed by atoms with Gasteiger partial charge >= 0.3 is 0 Å². The Morgan fingerprint density at radius 3 is 2.43 bits per heavy atom. The molecule has 7 heavy (non-hydrogen) atoms. The maximum absolute atomic E-state index is 10.1. The zero-order valence-electron chi connectivity index (χ0n) is 3.77. The zero-order chi connectivity index (χ0) is 5.44. The summed E-state index contributed by atoms with van der Waals surface area (Å²) < 4.78 is 0. The molecule has 1 aliphatic rings. The topological polar surface area (TPSA) is 66.9 Å². The third kappa shape index (κ3) is 0.607. The number of carbonyl (C=O) groups excluding carboxylic acids is 1. The maximum atomic E-state index is 10.1. The van der Waals surface area contributed by atoms with E-state index in [4.69, 9.17) is 11.1 Å². The summed E-state index contributed by atoms with van der Waals surface area (Å²) in [5, 5.41) is 6.70. The van der Waals surface area contributed by atoms with Crippen LogP contribution in [0.25, 0.3) is 0 Å². The summed E-state index contributed by atoms with van der Waals surface area (Å²) in [4.78, 5) is 10.1. The summed E-state index contributed by atoms with van der Waals surface area (Å²) in [5.74, 6) is -0.0856. The van der Waals surface area contributed by atoms with Crippen LogP contribution in [-0.2, 0) is 4.79 Å². The highest BCUT2D eigenvalue weighted by atomic mass is 16.1. The van der Waals surface area contributed by atoms with E-state index in [0.29, 0.717) is 6.42 Å². The molecule has 0 spiro atoms. The Morgan fingerprint density at radius 2 is 2.43 bits per heavy atom. The number of Topliss-reactive ketones (excluding diaryl/α,β-unsaturated/α-hetero) is 1. The lowest BCUT2D eigenvalue weighted by Gasteiger charge is -1.80. The molecule has 1 saturated carbocycles.